The van der Waals surface area contributed by atoms with Crippen LogP contribution in [0.3, 0.4) is 0 Å². The Hall–Kier alpha value is -2.28. The first-order chi connectivity index (χ1) is 13.6. The number of amides is 2. The highest BCUT2D eigenvalue weighted by molar-refractivity contribution is 5.93. The largest absolute Gasteiger partial charge is 0.368 e. The summed E-state index contributed by atoms with van der Waals surface area (Å²) in [7, 11) is 0. The lowest BCUT2D eigenvalue weighted by Gasteiger charge is -2.24. The van der Waals surface area contributed by atoms with E-state index in [2.05, 4.69) is 5.32 Å². The highest BCUT2D eigenvalue weighted by Gasteiger charge is 2.31. The molecule has 2 atom stereocenters. The van der Waals surface area contributed by atoms with Gasteiger partial charge in [0.05, 0.1) is 6.54 Å². The molecule has 3 rings (SSSR count). The van der Waals surface area contributed by atoms with Gasteiger partial charge in [-0.05, 0) is 49.1 Å². The maximum Gasteiger partial charge on any atom is 0.236 e. The molecule has 2 aromatic carbocycles. The van der Waals surface area contributed by atoms with Crippen molar-refractivity contribution >= 4 is 48.0 Å². The molecule has 1 aliphatic carbocycles. The van der Waals surface area contributed by atoms with Crippen molar-refractivity contribution in [2.24, 2.45) is 23.3 Å². The standard InChI is InChI=1S/C22H28N4O2.2ClH/c23-13-17-8-4-11-20(17)22(28)25-18-9-5-10-19(12-18)26(15-21(24)27)14-16-6-2-1-3-7-16;;/h1-3,5-7,9-10,12,17,20H,4,8,11,13-15,23H2,(H2,24,27)(H,25,28);2*1H/t17-,20-;;/m1../s1. The van der Waals surface area contributed by atoms with Crippen LogP contribution in [0.4, 0.5) is 11.4 Å². The van der Waals surface area contributed by atoms with Crippen LogP contribution < -0.4 is 21.7 Å². The molecule has 8 heteroatoms. The molecule has 0 saturated heterocycles. The highest BCUT2D eigenvalue weighted by Crippen LogP contribution is 2.32. The van der Waals surface area contributed by atoms with Crippen molar-refractivity contribution in [3.05, 3.63) is 60.2 Å². The van der Waals surface area contributed by atoms with E-state index in [4.69, 9.17) is 11.5 Å². The fourth-order valence-corrected chi connectivity index (χ4v) is 3.91. The van der Waals surface area contributed by atoms with Gasteiger partial charge in [-0.3, -0.25) is 9.59 Å². The zero-order chi connectivity index (χ0) is 19.9. The number of nitrogens with one attached hydrogen (secondary N) is 1. The van der Waals surface area contributed by atoms with Crippen LogP contribution in [0, 0.1) is 11.8 Å². The fraction of sp³-hybridized carbons (Fsp3) is 0.364. The predicted molar refractivity (Wildman–Crippen MR) is 126 cm³/mol. The summed E-state index contributed by atoms with van der Waals surface area (Å²) >= 11 is 0. The van der Waals surface area contributed by atoms with Crippen molar-refractivity contribution in [3.63, 3.8) is 0 Å². The number of anilines is 2. The van der Waals surface area contributed by atoms with Crippen LogP contribution in [0.15, 0.2) is 54.6 Å². The number of rotatable bonds is 8. The zero-order valence-electron chi connectivity index (χ0n) is 16.8. The number of nitrogens with zero attached hydrogens (tertiary/aromatic N) is 1. The summed E-state index contributed by atoms with van der Waals surface area (Å²) in [5.74, 6) is -0.149. The number of carbonyl (C=O) groups is 2. The zero-order valence-corrected chi connectivity index (χ0v) is 18.5. The Labute approximate surface area is 190 Å². The topological polar surface area (TPSA) is 101 Å². The maximum atomic E-state index is 12.7. The number of hydrogen-bond donors (Lipinski definition) is 3. The lowest BCUT2D eigenvalue weighted by molar-refractivity contribution is -0.120. The maximum absolute atomic E-state index is 12.7. The second-order valence-corrected chi connectivity index (χ2v) is 7.38. The SMILES string of the molecule is Cl.Cl.NC[C@H]1CCC[C@H]1C(=O)Nc1cccc(N(CC(N)=O)Cc2ccccc2)c1. The molecule has 5 N–H and O–H groups in total. The molecule has 0 spiro atoms. The molecule has 0 bridgehead atoms. The average Bonchev–Trinajstić information content (AvgIpc) is 3.17. The quantitative estimate of drug-likeness (QED) is 0.571. The van der Waals surface area contributed by atoms with Crippen LogP contribution in [0.25, 0.3) is 0 Å². The average molecular weight is 453 g/mol. The molecule has 0 aliphatic heterocycles. The van der Waals surface area contributed by atoms with Crippen LogP contribution in [-0.2, 0) is 16.1 Å². The van der Waals surface area contributed by atoms with Crippen LogP contribution in [0.2, 0.25) is 0 Å². The van der Waals surface area contributed by atoms with E-state index >= 15 is 0 Å². The van der Waals surface area contributed by atoms with Crippen LogP contribution in [0.1, 0.15) is 24.8 Å². The number of benzene rings is 2. The van der Waals surface area contributed by atoms with Gasteiger partial charge < -0.3 is 21.7 Å². The van der Waals surface area contributed by atoms with E-state index < -0.39 is 5.91 Å². The Balaban J connectivity index is 0.00000225. The number of carbonyl (C=O) groups excluding carboxylic acids is 2. The molecular weight excluding hydrogens is 423 g/mol. The second-order valence-electron chi connectivity index (χ2n) is 7.38. The minimum atomic E-state index is -0.401. The molecule has 164 valence electrons. The summed E-state index contributed by atoms with van der Waals surface area (Å²) in [4.78, 5) is 26.2. The Morgan fingerprint density at radius 2 is 1.77 bits per heavy atom. The van der Waals surface area contributed by atoms with E-state index in [0.29, 0.717) is 18.8 Å². The van der Waals surface area contributed by atoms with E-state index in [1.54, 1.807) is 0 Å². The van der Waals surface area contributed by atoms with E-state index in [1.165, 1.54) is 0 Å². The van der Waals surface area contributed by atoms with Gasteiger partial charge >= 0.3 is 0 Å². The number of halogens is 2. The Morgan fingerprint density at radius 1 is 1.03 bits per heavy atom. The smallest absolute Gasteiger partial charge is 0.236 e. The Morgan fingerprint density at radius 3 is 2.43 bits per heavy atom. The van der Waals surface area contributed by atoms with E-state index in [-0.39, 0.29) is 49.1 Å². The summed E-state index contributed by atoms with van der Waals surface area (Å²) in [6.45, 7) is 1.20. The molecule has 2 amide bonds. The Bertz CT molecular complexity index is 820. The first-order valence-corrected chi connectivity index (χ1v) is 9.75. The van der Waals surface area contributed by atoms with Crippen LogP contribution >= 0.6 is 24.8 Å². The minimum Gasteiger partial charge on any atom is -0.368 e. The van der Waals surface area contributed by atoms with Gasteiger partial charge in [0.15, 0.2) is 0 Å². The van der Waals surface area contributed by atoms with Crippen molar-refractivity contribution in [3.8, 4) is 0 Å². The summed E-state index contributed by atoms with van der Waals surface area (Å²) < 4.78 is 0. The molecule has 1 fully saturated rings. The molecule has 1 saturated carbocycles. The third kappa shape index (κ3) is 6.90. The second kappa shape index (κ2) is 12.4. The minimum absolute atomic E-state index is 0. The molecule has 0 heterocycles. The molecule has 6 nitrogen and oxygen atoms in total. The van der Waals surface area contributed by atoms with Gasteiger partial charge in [-0.2, -0.15) is 0 Å². The van der Waals surface area contributed by atoms with Gasteiger partial charge in [-0.25, -0.2) is 0 Å². The number of nitrogens with two attached hydrogens (primary N) is 2. The molecule has 30 heavy (non-hydrogen) atoms. The molecule has 1 aliphatic rings. The highest BCUT2D eigenvalue weighted by atomic mass is 35.5. The van der Waals surface area contributed by atoms with E-state index in [9.17, 15) is 9.59 Å². The van der Waals surface area contributed by atoms with Crippen molar-refractivity contribution < 1.29 is 9.59 Å². The summed E-state index contributed by atoms with van der Waals surface area (Å²) in [6.07, 6.45) is 2.94. The van der Waals surface area contributed by atoms with Gasteiger partial charge in [0.2, 0.25) is 11.8 Å². The molecule has 2 aromatic rings. The molecular formula is C22H30Cl2N4O2. The first-order valence-electron chi connectivity index (χ1n) is 9.75. The van der Waals surface area contributed by atoms with Crippen molar-refractivity contribution in [1.82, 2.24) is 0 Å². The molecule has 0 unspecified atom stereocenters. The number of hydrogen-bond acceptors (Lipinski definition) is 4. The lowest BCUT2D eigenvalue weighted by Crippen LogP contribution is -2.33. The third-order valence-corrected chi connectivity index (χ3v) is 5.34. The van der Waals surface area contributed by atoms with E-state index in [0.717, 1.165) is 30.5 Å². The monoisotopic (exact) mass is 452 g/mol. The normalized spacial score (nSPS) is 17.4. The first kappa shape index (κ1) is 25.8. The predicted octanol–water partition coefficient (Wildman–Crippen LogP) is 3.34. The van der Waals surface area contributed by atoms with Crippen molar-refractivity contribution in [2.75, 3.05) is 23.3 Å². The Kier molecular flexibility index (Phi) is 10.7. The lowest BCUT2D eigenvalue weighted by atomic mass is 9.95. The molecule has 0 aromatic heterocycles. The van der Waals surface area contributed by atoms with Gasteiger partial charge in [0.1, 0.15) is 0 Å². The van der Waals surface area contributed by atoms with Crippen molar-refractivity contribution in [1.29, 1.82) is 0 Å². The number of primary amides is 1. The molecule has 0 radical (unpaired) electrons. The van der Waals surface area contributed by atoms with Gasteiger partial charge in [0, 0.05) is 23.8 Å². The van der Waals surface area contributed by atoms with Crippen LogP contribution in [-0.4, -0.2) is 24.9 Å². The van der Waals surface area contributed by atoms with Gasteiger partial charge in [-0.1, -0.05) is 42.8 Å². The third-order valence-electron chi connectivity index (χ3n) is 5.34. The summed E-state index contributed by atoms with van der Waals surface area (Å²) in [5, 5.41) is 3.02. The van der Waals surface area contributed by atoms with Gasteiger partial charge in [-0.15, -0.1) is 24.8 Å². The van der Waals surface area contributed by atoms with Crippen molar-refractivity contribution in [2.45, 2.75) is 25.8 Å². The fourth-order valence-electron chi connectivity index (χ4n) is 3.91. The van der Waals surface area contributed by atoms with Crippen LogP contribution in [0.5, 0.6) is 0 Å². The summed E-state index contributed by atoms with van der Waals surface area (Å²) in [5.41, 5.74) is 13.9. The summed E-state index contributed by atoms with van der Waals surface area (Å²) in [6, 6.07) is 17.4. The van der Waals surface area contributed by atoms with E-state index in [1.807, 2.05) is 59.5 Å². The van der Waals surface area contributed by atoms with Gasteiger partial charge in [0.25, 0.3) is 0 Å².